The van der Waals surface area contributed by atoms with Gasteiger partial charge in [-0.1, -0.05) is 6.07 Å². The van der Waals surface area contributed by atoms with Crippen LogP contribution in [0.5, 0.6) is 11.5 Å². The van der Waals surface area contributed by atoms with Gasteiger partial charge in [-0.3, -0.25) is 0 Å². The minimum atomic E-state index is -0.993. The molecule has 1 aromatic carbocycles. The van der Waals surface area contributed by atoms with Gasteiger partial charge < -0.3 is 20.1 Å². The van der Waals surface area contributed by atoms with Gasteiger partial charge in [0, 0.05) is 6.07 Å². The molecule has 0 aliphatic heterocycles. The second-order valence-corrected chi connectivity index (χ2v) is 2.78. The molecule has 0 saturated heterocycles. The molecule has 0 aliphatic carbocycles. The summed E-state index contributed by atoms with van der Waals surface area (Å²) in [4.78, 5) is 10.5. The molecular formula is C10H14O5. The summed E-state index contributed by atoms with van der Waals surface area (Å²) in [5.41, 5.74) is 0. The predicted octanol–water partition coefficient (Wildman–Crippen LogP) is 0.722. The smallest absolute Gasteiger partial charge is 0.344 e. The van der Waals surface area contributed by atoms with E-state index in [1.807, 2.05) is 0 Å². The average molecular weight is 214 g/mol. The van der Waals surface area contributed by atoms with Gasteiger partial charge in [0.15, 0.2) is 6.10 Å². The summed E-state index contributed by atoms with van der Waals surface area (Å²) in [5, 5.41) is 8.61. The lowest BCUT2D eigenvalue weighted by molar-refractivity contribution is -0.144. The number of carboxylic acids is 1. The van der Waals surface area contributed by atoms with Crippen LogP contribution >= 0.6 is 0 Å². The maximum atomic E-state index is 10.5. The first kappa shape index (κ1) is 13.2. The van der Waals surface area contributed by atoms with E-state index in [9.17, 15) is 4.79 Å². The topological polar surface area (TPSA) is 87.3 Å². The molecular weight excluding hydrogens is 200 g/mol. The van der Waals surface area contributed by atoms with Gasteiger partial charge in [-0.05, 0) is 19.1 Å². The fraction of sp³-hybridized carbons (Fsp3) is 0.300. The Morgan fingerprint density at radius 2 is 2.00 bits per heavy atom. The van der Waals surface area contributed by atoms with Crippen molar-refractivity contribution in [1.29, 1.82) is 0 Å². The summed E-state index contributed by atoms with van der Waals surface area (Å²) in [6, 6.07) is 6.82. The largest absolute Gasteiger partial charge is 0.497 e. The molecule has 0 aromatic heterocycles. The molecule has 1 aromatic rings. The van der Waals surface area contributed by atoms with Crippen molar-refractivity contribution in [2.24, 2.45) is 0 Å². The second kappa shape index (κ2) is 5.87. The first-order valence-electron chi connectivity index (χ1n) is 4.17. The van der Waals surface area contributed by atoms with E-state index in [0.717, 1.165) is 0 Å². The molecule has 0 radical (unpaired) electrons. The lowest BCUT2D eigenvalue weighted by Crippen LogP contribution is -2.22. The van der Waals surface area contributed by atoms with Crippen molar-refractivity contribution in [3.8, 4) is 11.5 Å². The van der Waals surface area contributed by atoms with E-state index in [4.69, 9.17) is 14.6 Å². The lowest BCUT2D eigenvalue weighted by Gasteiger charge is -2.10. The van der Waals surface area contributed by atoms with Gasteiger partial charge >= 0.3 is 5.97 Å². The van der Waals surface area contributed by atoms with Crippen LogP contribution in [-0.4, -0.2) is 29.8 Å². The van der Waals surface area contributed by atoms with Crippen LogP contribution in [-0.2, 0) is 4.79 Å². The highest BCUT2D eigenvalue weighted by Gasteiger charge is 2.12. The Hall–Kier alpha value is -1.75. The molecule has 0 spiro atoms. The Morgan fingerprint density at radius 1 is 1.40 bits per heavy atom. The number of methoxy groups -OCH3 is 1. The Balaban J connectivity index is 0.00000196. The second-order valence-electron chi connectivity index (χ2n) is 2.78. The first-order chi connectivity index (χ1) is 6.63. The van der Waals surface area contributed by atoms with E-state index in [1.165, 1.54) is 6.92 Å². The molecule has 0 unspecified atom stereocenters. The number of hydrogen-bond acceptors (Lipinski definition) is 3. The molecule has 0 fully saturated rings. The van der Waals surface area contributed by atoms with Gasteiger partial charge in [0.2, 0.25) is 0 Å². The number of aliphatic carboxylic acids is 1. The fourth-order valence-electron chi connectivity index (χ4n) is 0.929. The average Bonchev–Trinajstić information content (AvgIpc) is 2.18. The minimum absolute atomic E-state index is 0. The van der Waals surface area contributed by atoms with Crippen LogP contribution in [0.1, 0.15) is 6.92 Å². The van der Waals surface area contributed by atoms with Crippen molar-refractivity contribution >= 4 is 5.97 Å². The van der Waals surface area contributed by atoms with Crippen molar-refractivity contribution < 1.29 is 24.9 Å². The zero-order valence-electron chi connectivity index (χ0n) is 8.56. The summed E-state index contributed by atoms with van der Waals surface area (Å²) in [7, 11) is 1.54. The molecule has 5 nitrogen and oxygen atoms in total. The quantitative estimate of drug-likeness (QED) is 0.800. The van der Waals surface area contributed by atoms with Crippen LogP contribution in [0.3, 0.4) is 0 Å². The minimum Gasteiger partial charge on any atom is -0.497 e. The third kappa shape index (κ3) is 3.86. The highest BCUT2D eigenvalue weighted by molar-refractivity contribution is 5.72. The monoisotopic (exact) mass is 214 g/mol. The van der Waals surface area contributed by atoms with E-state index in [0.29, 0.717) is 11.5 Å². The van der Waals surface area contributed by atoms with Crippen LogP contribution in [0.2, 0.25) is 0 Å². The molecule has 84 valence electrons. The maximum Gasteiger partial charge on any atom is 0.344 e. The zero-order chi connectivity index (χ0) is 10.6. The molecule has 1 atom stereocenters. The molecule has 1 rings (SSSR count). The Labute approximate surface area is 87.6 Å². The predicted molar refractivity (Wildman–Crippen MR) is 54.3 cm³/mol. The summed E-state index contributed by atoms with van der Waals surface area (Å²) in [5.74, 6) is 0.132. The maximum absolute atomic E-state index is 10.5. The van der Waals surface area contributed by atoms with E-state index >= 15 is 0 Å². The molecule has 0 heterocycles. The first-order valence-corrected chi connectivity index (χ1v) is 4.17. The van der Waals surface area contributed by atoms with E-state index < -0.39 is 12.1 Å². The molecule has 0 amide bonds. The van der Waals surface area contributed by atoms with E-state index in [1.54, 1.807) is 31.4 Å². The number of carbonyl (C=O) groups is 1. The van der Waals surface area contributed by atoms with Crippen molar-refractivity contribution in [3.05, 3.63) is 24.3 Å². The van der Waals surface area contributed by atoms with Crippen LogP contribution in [0.25, 0.3) is 0 Å². The lowest BCUT2D eigenvalue weighted by atomic mass is 10.3. The molecule has 5 heteroatoms. The van der Waals surface area contributed by atoms with Crippen LogP contribution in [0.4, 0.5) is 0 Å². The highest BCUT2D eigenvalue weighted by Crippen LogP contribution is 2.19. The van der Waals surface area contributed by atoms with E-state index in [-0.39, 0.29) is 5.48 Å². The third-order valence-electron chi connectivity index (χ3n) is 1.70. The Kier molecular flexibility index (Phi) is 5.19. The van der Waals surface area contributed by atoms with Crippen LogP contribution < -0.4 is 9.47 Å². The van der Waals surface area contributed by atoms with Crippen LogP contribution in [0, 0.1) is 0 Å². The van der Waals surface area contributed by atoms with Crippen molar-refractivity contribution in [3.63, 3.8) is 0 Å². The molecule has 0 aliphatic rings. The van der Waals surface area contributed by atoms with Gasteiger partial charge in [-0.2, -0.15) is 0 Å². The Bertz CT molecular complexity index is 323. The highest BCUT2D eigenvalue weighted by atomic mass is 16.5. The standard InChI is InChI=1S/C10H12O4.H2O/c1-7(10(11)12)14-9-5-3-4-8(6-9)13-2;/h3-7H,1-2H3,(H,11,12);1H2/t7-;/m1./s1. The fourth-order valence-corrected chi connectivity index (χ4v) is 0.929. The zero-order valence-corrected chi connectivity index (χ0v) is 8.56. The molecule has 0 saturated carbocycles. The number of hydrogen-bond donors (Lipinski definition) is 1. The molecule has 0 bridgehead atoms. The summed E-state index contributed by atoms with van der Waals surface area (Å²) in [6.07, 6.45) is -0.859. The van der Waals surface area contributed by atoms with Crippen LogP contribution in [0.15, 0.2) is 24.3 Å². The Morgan fingerprint density at radius 3 is 2.53 bits per heavy atom. The van der Waals surface area contributed by atoms with Crippen molar-refractivity contribution in [1.82, 2.24) is 0 Å². The van der Waals surface area contributed by atoms with Gasteiger partial charge in [-0.15, -0.1) is 0 Å². The number of rotatable bonds is 4. The van der Waals surface area contributed by atoms with Gasteiger partial charge in [0.25, 0.3) is 0 Å². The van der Waals surface area contributed by atoms with Crippen molar-refractivity contribution in [2.45, 2.75) is 13.0 Å². The summed E-state index contributed by atoms with van der Waals surface area (Å²) >= 11 is 0. The third-order valence-corrected chi connectivity index (χ3v) is 1.70. The van der Waals surface area contributed by atoms with E-state index in [2.05, 4.69) is 0 Å². The number of ether oxygens (including phenoxy) is 2. The van der Waals surface area contributed by atoms with Gasteiger partial charge in [-0.25, -0.2) is 4.79 Å². The summed E-state index contributed by atoms with van der Waals surface area (Å²) in [6.45, 7) is 1.47. The van der Waals surface area contributed by atoms with Gasteiger partial charge in [0.05, 0.1) is 7.11 Å². The van der Waals surface area contributed by atoms with Gasteiger partial charge in [0.1, 0.15) is 11.5 Å². The number of benzene rings is 1. The molecule has 15 heavy (non-hydrogen) atoms. The SMILES string of the molecule is COc1cccc(O[C@H](C)C(=O)O)c1.O. The normalized spacial score (nSPS) is 11.1. The van der Waals surface area contributed by atoms with Crippen molar-refractivity contribution in [2.75, 3.05) is 7.11 Å². The summed E-state index contributed by atoms with van der Waals surface area (Å²) < 4.78 is 10.1. The number of carboxylic acid groups (broad SMARTS) is 1. The molecule has 3 N–H and O–H groups in total.